The van der Waals surface area contributed by atoms with Crippen LogP contribution in [-0.2, 0) is 13.0 Å². The number of carbonyl (C=O) groups excluding carboxylic acids is 1. The minimum absolute atomic E-state index is 0.0587. The summed E-state index contributed by atoms with van der Waals surface area (Å²) in [6, 6.07) is 11.2. The summed E-state index contributed by atoms with van der Waals surface area (Å²) in [7, 11) is 0. The molecule has 1 amide bonds. The van der Waals surface area contributed by atoms with Crippen LogP contribution >= 0.6 is 0 Å². The molecule has 0 unspecified atom stereocenters. The smallest absolute Gasteiger partial charge is 0.254 e. The van der Waals surface area contributed by atoms with Gasteiger partial charge in [0.15, 0.2) is 11.6 Å². The fraction of sp³-hybridized carbons (Fsp3) is 0.188. The van der Waals surface area contributed by atoms with E-state index >= 15 is 0 Å². The Kier molecular flexibility index (Phi) is 3.22. The molecular weight excluding hydrogens is 260 g/mol. The van der Waals surface area contributed by atoms with Crippen LogP contribution in [0.1, 0.15) is 21.5 Å². The van der Waals surface area contributed by atoms with Crippen LogP contribution in [0.15, 0.2) is 42.5 Å². The van der Waals surface area contributed by atoms with Crippen molar-refractivity contribution in [2.75, 3.05) is 6.54 Å². The summed E-state index contributed by atoms with van der Waals surface area (Å²) < 4.78 is 26.1. The number of hydrogen-bond donors (Lipinski definition) is 0. The van der Waals surface area contributed by atoms with Crippen molar-refractivity contribution in [1.29, 1.82) is 0 Å². The summed E-state index contributed by atoms with van der Waals surface area (Å²) in [5.74, 6) is -1.81. The van der Waals surface area contributed by atoms with Crippen molar-refractivity contribution in [3.8, 4) is 0 Å². The molecule has 1 aliphatic heterocycles. The van der Waals surface area contributed by atoms with Gasteiger partial charge in [0.2, 0.25) is 0 Å². The van der Waals surface area contributed by atoms with E-state index in [0.717, 1.165) is 24.1 Å². The van der Waals surface area contributed by atoms with Gasteiger partial charge in [0.05, 0.1) is 0 Å². The Balaban J connectivity index is 1.83. The summed E-state index contributed by atoms with van der Waals surface area (Å²) in [5.41, 5.74) is 2.33. The molecule has 0 fully saturated rings. The van der Waals surface area contributed by atoms with E-state index in [1.807, 2.05) is 18.2 Å². The molecule has 0 aliphatic carbocycles. The summed E-state index contributed by atoms with van der Waals surface area (Å²) in [6.45, 7) is 0.888. The Labute approximate surface area is 115 Å². The molecule has 0 saturated carbocycles. The topological polar surface area (TPSA) is 20.3 Å². The molecule has 0 atom stereocenters. The first kappa shape index (κ1) is 12.8. The van der Waals surface area contributed by atoms with E-state index in [-0.39, 0.29) is 5.91 Å². The second-order valence-corrected chi connectivity index (χ2v) is 4.88. The third-order valence-corrected chi connectivity index (χ3v) is 3.54. The number of nitrogens with zero attached hydrogens (tertiary/aromatic N) is 1. The van der Waals surface area contributed by atoms with Gasteiger partial charge in [-0.3, -0.25) is 4.79 Å². The first-order valence-corrected chi connectivity index (χ1v) is 6.46. The zero-order valence-corrected chi connectivity index (χ0v) is 10.8. The quantitative estimate of drug-likeness (QED) is 0.823. The van der Waals surface area contributed by atoms with E-state index in [1.54, 1.807) is 11.0 Å². The van der Waals surface area contributed by atoms with Gasteiger partial charge in [-0.2, -0.15) is 0 Å². The maximum atomic E-state index is 13.2. The Morgan fingerprint density at radius 1 is 1.05 bits per heavy atom. The van der Waals surface area contributed by atoms with E-state index in [1.165, 1.54) is 6.07 Å². The highest BCUT2D eigenvalue weighted by molar-refractivity contribution is 5.96. The van der Waals surface area contributed by atoms with E-state index in [0.29, 0.717) is 24.2 Å². The van der Waals surface area contributed by atoms with Gasteiger partial charge in [0, 0.05) is 18.7 Å². The number of benzene rings is 2. The number of carbonyl (C=O) groups is 1. The van der Waals surface area contributed by atoms with Gasteiger partial charge in [-0.15, -0.1) is 0 Å². The van der Waals surface area contributed by atoms with Crippen LogP contribution in [0, 0.1) is 11.6 Å². The third kappa shape index (κ3) is 2.29. The Morgan fingerprint density at radius 2 is 1.85 bits per heavy atom. The first-order valence-electron chi connectivity index (χ1n) is 6.46. The summed E-state index contributed by atoms with van der Waals surface area (Å²) in [5, 5.41) is 0. The van der Waals surface area contributed by atoms with Crippen LogP contribution in [0.5, 0.6) is 0 Å². The molecule has 1 heterocycles. The van der Waals surface area contributed by atoms with Gasteiger partial charge in [0.1, 0.15) is 0 Å². The fourth-order valence-corrected chi connectivity index (χ4v) is 2.48. The highest BCUT2D eigenvalue weighted by atomic mass is 19.2. The molecule has 0 spiro atoms. The highest BCUT2D eigenvalue weighted by Crippen LogP contribution is 2.20. The molecule has 0 aromatic heterocycles. The molecule has 4 heteroatoms. The van der Waals surface area contributed by atoms with Crippen LogP contribution in [0.3, 0.4) is 0 Å². The van der Waals surface area contributed by atoms with Crippen LogP contribution in [0.25, 0.3) is 0 Å². The minimum atomic E-state index is -0.882. The summed E-state index contributed by atoms with van der Waals surface area (Å²) >= 11 is 0. The number of halogens is 2. The number of hydrogen-bond acceptors (Lipinski definition) is 1. The van der Waals surface area contributed by atoms with Gasteiger partial charge in [-0.25, -0.2) is 8.78 Å². The molecule has 2 aromatic carbocycles. The van der Waals surface area contributed by atoms with Crippen molar-refractivity contribution < 1.29 is 13.6 Å². The lowest BCUT2D eigenvalue weighted by atomic mass is 9.99. The molecule has 0 bridgehead atoms. The zero-order chi connectivity index (χ0) is 14.1. The lowest BCUT2D eigenvalue weighted by molar-refractivity contribution is 0.0727. The molecular formula is C16H13F2NO. The maximum absolute atomic E-state index is 13.2. The number of amides is 1. The lowest BCUT2D eigenvalue weighted by Crippen LogP contribution is -2.37. The van der Waals surface area contributed by atoms with Crippen molar-refractivity contribution in [3.63, 3.8) is 0 Å². The van der Waals surface area contributed by atoms with Gasteiger partial charge < -0.3 is 4.90 Å². The Morgan fingerprint density at radius 3 is 2.65 bits per heavy atom. The molecule has 2 nitrogen and oxygen atoms in total. The van der Waals surface area contributed by atoms with Gasteiger partial charge in [0.25, 0.3) is 5.91 Å². The van der Waals surface area contributed by atoms with Crippen molar-refractivity contribution in [2.24, 2.45) is 0 Å². The molecule has 20 heavy (non-hydrogen) atoms. The normalized spacial score (nSPS) is 14.3. The van der Waals surface area contributed by atoms with E-state index in [4.69, 9.17) is 0 Å². The van der Waals surface area contributed by atoms with E-state index in [2.05, 4.69) is 0 Å². The van der Waals surface area contributed by atoms with Crippen LogP contribution in [0.2, 0.25) is 0 Å². The predicted molar refractivity (Wildman–Crippen MR) is 71.2 cm³/mol. The number of fused-ring (bicyclic) bond motifs is 1. The standard InChI is InChI=1S/C16H13F2NO/c17-14-6-5-11(9-15(14)18)10-19-8-7-12-3-1-2-4-13(12)16(19)20/h1-6,9H,7-8,10H2. The number of rotatable bonds is 2. The van der Waals surface area contributed by atoms with Crippen molar-refractivity contribution >= 4 is 5.91 Å². The monoisotopic (exact) mass is 273 g/mol. The average molecular weight is 273 g/mol. The largest absolute Gasteiger partial charge is 0.334 e. The molecule has 1 aliphatic rings. The Hall–Kier alpha value is -2.23. The summed E-state index contributed by atoms with van der Waals surface area (Å²) in [6.07, 6.45) is 0.783. The summed E-state index contributed by atoms with van der Waals surface area (Å²) in [4.78, 5) is 14.0. The van der Waals surface area contributed by atoms with Crippen LogP contribution < -0.4 is 0 Å². The van der Waals surface area contributed by atoms with Crippen molar-refractivity contribution in [2.45, 2.75) is 13.0 Å². The predicted octanol–water partition coefficient (Wildman–Crippen LogP) is 3.16. The third-order valence-electron chi connectivity index (χ3n) is 3.54. The molecule has 2 aromatic rings. The SMILES string of the molecule is O=C1c2ccccc2CCN1Cc1ccc(F)c(F)c1. The second-order valence-electron chi connectivity index (χ2n) is 4.88. The zero-order valence-electron chi connectivity index (χ0n) is 10.8. The molecule has 0 radical (unpaired) electrons. The molecule has 102 valence electrons. The average Bonchev–Trinajstić information content (AvgIpc) is 2.46. The molecule has 3 rings (SSSR count). The molecule has 0 saturated heterocycles. The van der Waals surface area contributed by atoms with E-state index in [9.17, 15) is 13.6 Å². The second kappa shape index (κ2) is 5.04. The first-order chi connectivity index (χ1) is 9.65. The van der Waals surface area contributed by atoms with Crippen LogP contribution in [0.4, 0.5) is 8.78 Å². The highest BCUT2D eigenvalue weighted by Gasteiger charge is 2.23. The van der Waals surface area contributed by atoms with Crippen LogP contribution in [-0.4, -0.2) is 17.4 Å². The maximum Gasteiger partial charge on any atom is 0.254 e. The Bertz CT molecular complexity index is 669. The van der Waals surface area contributed by atoms with Gasteiger partial charge in [-0.05, 0) is 35.7 Å². The lowest BCUT2D eigenvalue weighted by Gasteiger charge is -2.28. The fourth-order valence-electron chi connectivity index (χ4n) is 2.48. The van der Waals surface area contributed by atoms with Crippen molar-refractivity contribution in [3.05, 3.63) is 70.8 Å². The van der Waals surface area contributed by atoms with Gasteiger partial charge in [-0.1, -0.05) is 24.3 Å². The molecule has 0 N–H and O–H groups in total. The van der Waals surface area contributed by atoms with Gasteiger partial charge >= 0.3 is 0 Å². The van der Waals surface area contributed by atoms with E-state index < -0.39 is 11.6 Å². The van der Waals surface area contributed by atoms with Crippen molar-refractivity contribution in [1.82, 2.24) is 4.90 Å². The minimum Gasteiger partial charge on any atom is -0.334 e.